The fraction of sp³-hybridized carbons (Fsp3) is 0.529. The highest BCUT2D eigenvalue weighted by Gasteiger charge is 2.44. The van der Waals surface area contributed by atoms with Crippen molar-refractivity contribution in [2.24, 2.45) is 0 Å². The number of rotatable bonds is 4. The van der Waals surface area contributed by atoms with Crippen LogP contribution in [0.4, 0.5) is 0 Å². The minimum absolute atomic E-state index is 0.0664. The highest BCUT2D eigenvalue weighted by molar-refractivity contribution is 5.11. The average molecular weight is 315 g/mol. The fourth-order valence-corrected chi connectivity index (χ4v) is 3.59. The monoisotopic (exact) mass is 315 g/mol. The molecular weight excluding hydrogens is 294 g/mol. The summed E-state index contributed by atoms with van der Waals surface area (Å²) in [7, 11) is 0. The second-order valence-electron chi connectivity index (χ2n) is 6.20. The molecule has 2 aromatic heterocycles. The van der Waals surface area contributed by atoms with Gasteiger partial charge in [-0.3, -0.25) is 4.90 Å². The highest BCUT2D eigenvalue weighted by atomic mass is 16.5. The summed E-state index contributed by atoms with van der Waals surface area (Å²) in [5.74, 6) is 1.53. The zero-order valence-corrected chi connectivity index (χ0v) is 13.2. The van der Waals surface area contributed by atoms with Crippen molar-refractivity contribution >= 4 is 0 Å². The number of hydrogen-bond donors (Lipinski definition) is 0. The Kier molecular flexibility index (Phi) is 4.01. The van der Waals surface area contributed by atoms with Crippen molar-refractivity contribution in [1.29, 1.82) is 0 Å². The van der Waals surface area contributed by atoms with Gasteiger partial charge in [-0.05, 0) is 25.8 Å². The number of aromatic nitrogens is 2. The summed E-state index contributed by atoms with van der Waals surface area (Å²) in [5, 5.41) is 4.11. The number of aryl methyl sites for hydroxylation is 1. The molecule has 6 nitrogen and oxygen atoms in total. The van der Waals surface area contributed by atoms with Gasteiger partial charge in [0.25, 0.3) is 0 Å². The van der Waals surface area contributed by atoms with Crippen molar-refractivity contribution in [1.82, 2.24) is 15.0 Å². The van der Waals surface area contributed by atoms with E-state index in [0.717, 1.165) is 44.0 Å². The first-order valence-corrected chi connectivity index (χ1v) is 8.15. The Balaban J connectivity index is 1.43. The number of fused-ring (bicyclic) bond motifs is 1. The molecule has 0 N–H and O–H groups in total. The quantitative estimate of drug-likeness (QED) is 0.862. The van der Waals surface area contributed by atoms with Crippen LogP contribution < -0.4 is 4.74 Å². The molecule has 1 saturated heterocycles. The van der Waals surface area contributed by atoms with Crippen molar-refractivity contribution in [2.75, 3.05) is 13.2 Å². The Morgan fingerprint density at radius 2 is 2.30 bits per heavy atom. The van der Waals surface area contributed by atoms with Gasteiger partial charge in [0.1, 0.15) is 18.0 Å². The normalized spacial score (nSPS) is 27.8. The van der Waals surface area contributed by atoms with Gasteiger partial charge in [-0.1, -0.05) is 11.2 Å². The molecule has 2 fully saturated rings. The van der Waals surface area contributed by atoms with Crippen LogP contribution in [0.5, 0.6) is 5.88 Å². The largest absolute Gasteiger partial charge is 0.472 e. The first kappa shape index (κ1) is 14.7. The van der Waals surface area contributed by atoms with Crippen LogP contribution in [0.15, 0.2) is 35.0 Å². The Labute approximate surface area is 135 Å². The zero-order valence-electron chi connectivity index (χ0n) is 13.2. The topological polar surface area (TPSA) is 60.6 Å². The van der Waals surface area contributed by atoms with E-state index in [9.17, 15) is 0 Å². The van der Waals surface area contributed by atoms with Crippen molar-refractivity contribution in [2.45, 2.75) is 44.6 Å². The summed E-state index contributed by atoms with van der Waals surface area (Å²) in [5.41, 5.74) is 0.984. The molecule has 1 saturated carbocycles. The molecule has 0 unspecified atom stereocenters. The summed E-state index contributed by atoms with van der Waals surface area (Å²) in [4.78, 5) is 6.69. The lowest BCUT2D eigenvalue weighted by atomic mass is 10.1. The van der Waals surface area contributed by atoms with Crippen molar-refractivity contribution < 1.29 is 14.0 Å². The van der Waals surface area contributed by atoms with Gasteiger partial charge in [0.2, 0.25) is 5.88 Å². The molecule has 3 heterocycles. The lowest BCUT2D eigenvalue weighted by Gasteiger charge is -2.38. The third-order valence-electron chi connectivity index (χ3n) is 4.60. The molecule has 1 aliphatic heterocycles. The number of morpholine rings is 1. The molecule has 122 valence electrons. The minimum Gasteiger partial charge on any atom is -0.472 e. The number of pyridine rings is 1. The standard InChI is InChI=1S/C17H21N3O3/c1-12-10-13(19-23-12)11-20-8-9-21-17-14(20)5-6-15(17)22-16-4-2-3-7-18-16/h2-4,7,10,14-15,17H,5-6,8-9,11H2,1H3/t14-,15+,17+/m0/s1. The van der Waals surface area contributed by atoms with E-state index in [1.807, 2.05) is 31.2 Å². The molecule has 4 rings (SSSR count). The van der Waals surface area contributed by atoms with Gasteiger partial charge < -0.3 is 14.0 Å². The van der Waals surface area contributed by atoms with E-state index in [0.29, 0.717) is 11.9 Å². The first-order valence-electron chi connectivity index (χ1n) is 8.15. The molecule has 2 aromatic rings. The summed E-state index contributed by atoms with van der Waals surface area (Å²) < 4.78 is 17.2. The van der Waals surface area contributed by atoms with E-state index < -0.39 is 0 Å². The second-order valence-corrected chi connectivity index (χ2v) is 6.20. The maximum Gasteiger partial charge on any atom is 0.213 e. The number of ether oxygens (including phenoxy) is 2. The number of hydrogen-bond acceptors (Lipinski definition) is 6. The number of nitrogens with zero attached hydrogens (tertiary/aromatic N) is 3. The molecule has 0 spiro atoms. The van der Waals surface area contributed by atoms with Gasteiger partial charge in [0.05, 0.1) is 12.3 Å². The zero-order chi connectivity index (χ0) is 15.6. The van der Waals surface area contributed by atoms with E-state index >= 15 is 0 Å². The van der Waals surface area contributed by atoms with Gasteiger partial charge in [0, 0.05) is 37.5 Å². The van der Waals surface area contributed by atoms with Gasteiger partial charge in [-0.15, -0.1) is 0 Å². The van der Waals surface area contributed by atoms with Crippen LogP contribution in [0.1, 0.15) is 24.3 Å². The lowest BCUT2D eigenvalue weighted by molar-refractivity contribution is -0.0926. The highest BCUT2D eigenvalue weighted by Crippen LogP contribution is 2.33. The van der Waals surface area contributed by atoms with Crippen LogP contribution in [0.2, 0.25) is 0 Å². The van der Waals surface area contributed by atoms with E-state index in [1.165, 1.54) is 0 Å². The molecule has 0 amide bonds. The molecule has 0 aromatic carbocycles. The average Bonchev–Trinajstić information content (AvgIpc) is 3.16. The molecule has 6 heteroatoms. The van der Waals surface area contributed by atoms with E-state index in [-0.39, 0.29) is 12.2 Å². The minimum atomic E-state index is 0.0664. The summed E-state index contributed by atoms with van der Waals surface area (Å²) in [6, 6.07) is 8.10. The van der Waals surface area contributed by atoms with Crippen molar-refractivity contribution in [3.63, 3.8) is 0 Å². The third-order valence-corrected chi connectivity index (χ3v) is 4.60. The SMILES string of the molecule is Cc1cc(CN2CCO[C@H]3[C@H](Oc4ccccn4)CC[C@@H]32)no1. The predicted octanol–water partition coefficient (Wildman–Crippen LogP) is 2.19. The van der Waals surface area contributed by atoms with Gasteiger partial charge >= 0.3 is 0 Å². The molecule has 1 aliphatic carbocycles. The molecule has 2 aliphatic rings. The van der Waals surface area contributed by atoms with Gasteiger partial charge in [0.15, 0.2) is 0 Å². The first-order chi connectivity index (χ1) is 11.3. The Morgan fingerprint density at radius 1 is 1.35 bits per heavy atom. The maximum absolute atomic E-state index is 6.05. The predicted molar refractivity (Wildman–Crippen MR) is 83.1 cm³/mol. The molecular formula is C17H21N3O3. The van der Waals surface area contributed by atoms with Crippen LogP contribution >= 0.6 is 0 Å². The van der Waals surface area contributed by atoms with Crippen LogP contribution in [-0.2, 0) is 11.3 Å². The van der Waals surface area contributed by atoms with Crippen LogP contribution in [-0.4, -0.2) is 46.4 Å². The summed E-state index contributed by atoms with van der Waals surface area (Å²) >= 11 is 0. The lowest BCUT2D eigenvalue weighted by Crippen LogP contribution is -2.51. The molecule has 3 atom stereocenters. The Morgan fingerprint density at radius 3 is 3.09 bits per heavy atom. The van der Waals surface area contributed by atoms with Crippen molar-refractivity contribution in [3.8, 4) is 5.88 Å². The summed E-state index contributed by atoms with van der Waals surface area (Å²) in [6.45, 7) is 4.37. The van der Waals surface area contributed by atoms with Crippen LogP contribution in [0, 0.1) is 6.92 Å². The van der Waals surface area contributed by atoms with Crippen molar-refractivity contribution in [3.05, 3.63) is 41.9 Å². The van der Waals surface area contributed by atoms with Gasteiger partial charge in [-0.25, -0.2) is 4.98 Å². The second kappa shape index (κ2) is 6.29. The fourth-order valence-electron chi connectivity index (χ4n) is 3.59. The Hall–Kier alpha value is -1.92. The third kappa shape index (κ3) is 3.09. The maximum atomic E-state index is 6.05. The van der Waals surface area contributed by atoms with E-state index in [1.54, 1.807) is 6.20 Å². The molecule has 0 radical (unpaired) electrons. The van der Waals surface area contributed by atoms with E-state index in [4.69, 9.17) is 14.0 Å². The van der Waals surface area contributed by atoms with Crippen LogP contribution in [0.25, 0.3) is 0 Å². The molecule has 23 heavy (non-hydrogen) atoms. The summed E-state index contributed by atoms with van der Waals surface area (Å²) in [6.07, 6.45) is 3.97. The van der Waals surface area contributed by atoms with Crippen LogP contribution in [0.3, 0.4) is 0 Å². The van der Waals surface area contributed by atoms with E-state index in [2.05, 4.69) is 15.0 Å². The van der Waals surface area contributed by atoms with Gasteiger partial charge in [-0.2, -0.15) is 0 Å². The Bertz CT molecular complexity index is 646. The molecule has 0 bridgehead atoms. The smallest absolute Gasteiger partial charge is 0.213 e.